The summed E-state index contributed by atoms with van der Waals surface area (Å²) in [6.45, 7) is 2.24. The van der Waals surface area contributed by atoms with E-state index in [1.54, 1.807) is 31.1 Å². The third kappa shape index (κ3) is 4.95. The molecule has 1 heterocycles. The van der Waals surface area contributed by atoms with E-state index in [0.717, 1.165) is 31.5 Å². The normalized spacial score (nSPS) is 16.9. The van der Waals surface area contributed by atoms with E-state index in [2.05, 4.69) is 22.3 Å². The minimum Gasteiger partial charge on any atom is -0.351 e. The summed E-state index contributed by atoms with van der Waals surface area (Å²) in [4.78, 5) is 28.4. The van der Waals surface area contributed by atoms with Crippen molar-refractivity contribution in [1.82, 2.24) is 15.1 Å². The molecule has 0 radical (unpaired) electrons. The second-order valence-electron chi connectivity index (χ2n) is 7.23. The number of rotatable bonds is 6. The summed E-state index contributed by atoms with van der Waals surface area (Å²) in [5.41, 5.74) is 2.88. The van der Waals surface area contributed by atoms with Gasteiger partial charge in [-0.05, 0) is 42.6 Å². The Balaban J connectivity index is 1.54. The standard InChI is InChI=1S/C22H27N3O2/c1-24(2)22(27)19-12-10-17(11-13-19)15-23-21(26)20-9-6-14-25(20)16-18-7-4-3-5-8-18/h3-5,7-8,10-13,20H,6,9,14-16H2,1-2H3,(H,23,26)/t20-/m0/s1. The lowest BCUT2D eigenvalue weighted by atomic mass is 10.1. The van der Waals surface area contributed by atoms with Crippen molar-refractivity contribution in [2.24, 2.45) is 0 Å². The zero-order valence-electron chi connectivity index (χ0n) is 16.0. The van der Waals surface area contributed by atoms with E-state index in [1.165, 1.54) is 5.56 Å². The smallest absolute Gasteiger partial charge is 0.253 e. The zero-order valence-corrected chi connectivity index (χ0v) is 16.0. The predicted molar refractivity (Wildman–Crippen MR) is 106 cm³/mol. The van der Waals surface area contributed by atoms with Gasteiger partial charge >= 0.3 is 0 Å². The molecule has 0 aliphatic carbocycles. The Morgan fingerprint density at radius 3 is 2.41 bits per heavy atom. The Bertz CT molecular complexity index is 772. The first-order valence-corrected chi connectivity index (χ1v) is 9.41. The van der Waals surface area contributed by atoms with Crippen molar-refractivity contribution in [1.29, 1.82) is 0 Å². The van der Waals surface area contributed by atoms with Crippen LogP contribution < -0.4 is 5.32 Å². The number of hydrogen-bond donors (Lipinski definition) is 1. The molecule has 5 heteroatoms. The topological polar surface area (TPSA) is 52.7 Å². The van der Waals surface area contributed by atoms with Gasteiger partial charge in [0, 0.05) is 32.7 Å². The van der Waals surface area contributed by atoms with Gasteiger partial charge in [0.15, 0.2) is 0 Å². The van der Waals surface area contributed by atoms with E-state index >= 15 is 0 Å². The lowest BCUT2D eigenvalue weighted by molar-refractivity contribution is -0.125. The second-order valence-corrected chi connectivity index (χ2v) is 7.23. The van der Waals surface area contributed by atoms with E-state index < -0.39 is 0 Å². The molecule has 1 N–H and O–H groups in total. The molecule has 142 valence electrons. The van der Waals surface area contributed by atoms with Crippen LogP contribution in [0.15, 0.2) is 54.6 Å². The largest absolute Gasteiger partial charge is 0.351 e. The SMILES string of the molecule is CN(C)C(=O)c1ccc(CNC(=O)[C@@H]2CCCN2Cc2ccccc2)cc1. The van der Waals surface area contributed by atoms with Gasteiger partial charge in [-0.1, -0.05) is 42.5 Å². The van der Waals surface area contributed by atoms with E-state index in [0.29, 0.717) is 12.1 Å². The molecular weight excluding hydrogens is 338 g/mol. The molecule has 0 unspecified atom stereocenters. The number of benzene rings is 2. The molecular formula is C22H27N3O2. The molecule has 0 spiro atoms. The third-order valence-corrected chi connectivity index (χ3v) is 4.97. The molecule has 0 saturated carbocycles. The molecule has 0 bridgehead atoms. The Kier molecular flexibility index (Phi) is 6.24. The average Bonchev–Trinajstić information content (AvgIpc) is 3.15. The monoisotopic (exact) mass is 365 g/mol. The van der Waals surface area contributed by atoms with Gasteiger partial charge in [0.2, 0.25) is 5.91 Å². The number of likely N-dealkylation sites (tertiary alicyclic amines) is 1. The zero-order chi connectivity index (χ0) is 19.2. The minimum atomic E-state index is -0.0696. The molecule has 3 rings (SSSR count). The van der Waals surface area contributed by atoms with Gasteiger partial charge in [0.25, 0.3) is 5.91 Å². The molecule has 5 nitrogen and oxygen atoms in total. The number of amides is 2. The maximum atomic E-state index is 12.7. The molecule has 1 aliphatic heterocycles. The van der Waals surface area contributed by atoms with Crippen molar-refractivity contribution in [3.05, 3.63) is 71.3 Å². The molecule has 27 heavy (non-hydrogen) atoms. The number of nitrogens with zero attached hydrogens (tertiary/aromatic N) is 2. The van der Waals surface area contributed by atoms with Crippen LogP contribution in [0.25, 0.3) is 0 Å². The van der Waals surface area contributed by atoms with Gasteiger partial charge in [0.1, 0.15) is 0 Å². The van der Waals surface area contributed by atoms with Crippen LogP contribution in [0.2, 0.25) is 0 Å². The van der Waals surface area contributed by atoms with Crippen molar-refractivity contribution in [2.75, 3.05) is 20.6 Å². The van der Waals surface area contributed by atoms with Crippen LogP contribution in [0.5, 0.6) is 0 Å². The quantitative estimate of drug-likeness (QED) is 0.856. The van der Waals surface area contributed by atoms with Crippen molar-refractivity contribution >= 4 is 11.8 Å². The van der Waals surface area contributed by atoms with Crippen LogP contribution in [0, 0.1) is 0 Å². The molecule has 2 amide bonds. The van der Waals surface area contributed by atoms with Crippen LogP contribution in [-0.2, 0) is 17.9 Å². The van der Waals surface area contributed by atoms with Gasteiger partial charge in [-0.15, -0.1) is 0 Å². The number of carbonyl (C=O) groups is 2. The van der Waals surface area contributed by atoms with Crippen LogP contribution in [0.1, 0.15) is 34.3 Å². The first-order chi connectivity index (χ1) is 13.0. The van der Waals surface area contributed by atoms with Crippen molar-refractivity contribution < 1.29 is 9.59 Å². The Labute approximate surface area is 161 Å². The molecule has 0 aromatic heterocycles. The fourth-order valence-corrected chi connectivity index (χ4v) is 3.46. The van der Waals surface area contributed by atoms with Crippen LogP contribution in [0.4, 0.5) is 0 Å². The van der Waals surface area contributed by atoms with Gasteiger partial charge in [-0.3, -0.25) is 14.5 Å². The fraction of sp³-hybridized carbons (Fsp3) is 0.364. The first kappa shape index (κ1) is 19.1. The summed E-state index contributed by atoms with van der Waals surface area (Å²) in [6.07, 6.45) is 1.95. The fourth-order valence-electron chi connectivity index (χ4n) is 3.46. The van der Waals surface area contributed by atoms with Gasteiger partial charge in [-0.25, -0.2) is 0 Å². The summed E-state index contributed by atoms with van der Waals surface area (Å²) in [7, 11) is 3.47. The predicted octanol–water partition coefficient (Wildman–Crippen LogP) is 2.67. The maximum Gasteiger partial charge on any atom is 0.253 e. The van der Waals surface area contributed by atoms with E-state index in [-0.39, 0.29) is 17.9 Å². The maximum absolute atomic E-state index is 12.7. The van der Waals surface area contributed by atoms with E-state index in [4.69, 9.17) is 0 Å². The summed E-state index contributed by atoms with van der Waals surface area (Å²) in [5, 5.41) is 3.05. The summed E-state index contributed by atoms with van der Waals surface area (Å²) >= 11 is 0. The first-order valence-electron chi connectivity index (χ1n) is 9.41. The minimum absolute atomic E-state index is 0.0203. The summed E-state index contributed by atoms with van der Waals surface area (Å²) in [5.74, 6) is 0.0602. The third-order valence-electron chi connectivity index (χ3n) is 4.97. The number of hydrogen-bond acceptors (Lipinski definition) is 3. The molecule has 2 aromatic carbocycles. The average molecular weight is 365 g/mol. The molecule has 1 saturated heterocycles. The van der Waals surface area contributed by atoms with Crippen molar-refractivity contribution in [3.63, 3.8) is 0 Å². The molecule has 1 atom stereocenters. The Morgan fingerprint density at radius 2 is 1.74 bits per heavy atom. The van der Waals surface area contributed by atoms with Crippen molar-refractivity contribution in [3.8, 4) is 0 Å². The Hall–Kier alpha value is -2.66. The van der Waals surface area contributed by atoms with Crippen LogP contribution in [-0.4, -0.2) is 48.3 Å². The summed E-state index contributed by atoms with van der Waals surface area (Å²) < 4.78 is 0. The van der Waals surface area contributed by atoms with Crippen LogP contribution in [0.3, 0.4) is 0 Å². The highest BCUT2D eigenvalue weighted by Crippen LogP contribution is 2.20. The lowest BCUT2D eigenvalue weighted by Gasteiger charge is -2.23. The highest BCUT2D eigenvalue weighted by Gasteiger charge is 2.30. The Morgan fingerprint density at radius 1 is 1.04 bits per heavy atom. The number of nitrogens with one attached hydrogen (secondary N) is 1. The highest BCUT2D eigenvalue weighted by molar-refractivity contribution is 5.93. The summed E-state index contributed by atoms with van der Waals surface area (Å²) in [6, 6.07) is 17.6. The van der Waals surface area contributed by atoms with Gasteiger partial charge in [-0.2, -0.15) is 0 Å². The highest BCUT2D eigenvalue weighted by atomic mass is 16.2. The number of carbonyl (C=O) groups excluding carboxylic acids is 2. The van der Waals surface area contributed by atoms with Gasteiger partial charge < -0.3 is 10.2 Å². The van der Waals surface area contributed by atoms with E-state index in [1.807, 2.05) is 30.3 Å². The molecule has 1 fully saturated rings. The molecule has 1 aliphatic rings. The van der Waals surface area contributed by atoms with Gasteiger partial charge in [0.05, 0.1) is 6.04 Å². The molecule has 2 aromatic rings. The lowest BCUT2D eigenvalue weighted by Crippen LogP contribution is -2.42. The van der Waals surface area contributed by atoms with E-state index in [9.17, 15) is 9.59 Å². The van der Waals surface area contributed by atoms with Crippen molar-refractivity contribution in [2.45, 2.75) is 32.0 Å². The second kappa shape index (κ2) is 8.82. The van der Waals surface area contributed by atoms with Crippen LogP contribution >= 0.6 is 0 Å².